The number of nitrogen functional groups attached to an aromatic ring is 1. The highest BCUT2D eigenvalue weighted by molar-refractivity contribution is 6.19. The van der Waals surface area contributed by atoms with Crippen LogP contribution in [0.4, 0.5) is 5.69 Å². The second-order valence-electron chi connectivity index (χ2n) is 5.52. The minimum Gasteiger partial charge on any atom is -0.495 e. The summed E-state index contributed by atoms with van der Waals surface area (Å²) in [4.78, 5) is 16.3. The molecule has 26 heavy (non-hydrogen) atoms. The van der Waals surface area contributed by atoms with Gasteiger partial charge in [-0.15, -0.1) is 0 Å². The quantitative estimate of drug-likeness (QED) is 0.521. The van der Waals surface area contributed by atoms with Gasteiger partial charge in [-0.1, -0.05) is 12.1 Å². The number of carbonyl (C=O) groups is 1. The Morgan fingerprint density at radius 3 is 2.23 bits per heavy atom. The highest BCUT2D eigenvalue weighted by Crippen LogP contribution is 2.44. The summed E-state index contributed by atoms with van der Waals surface area (Å²) in [5, 5.41) is 0.738. The Bertz CT molecular complexity index is 978. The summed E-state index contributed by atoms with van der Waals surface area (Å²) in [6.45, 7) is 0. The number of nitrogens with two attached hydrogens (primary N) is 1. The van der Waals surface area contributed by atoms with Crippen molar-refractivity contribution in [2.75, 3.05) is 34.2 Å². The van der Waals surface area contributed by atoms with Crippen molar-refractivity contribution in [3.63, 3.8) is 0 Å². The fourth-order valence-corrected chi connectivity index (χ4v) is 3.00. The van der Waals surface area contributed by atoms with Crippen LogP contribution < -0.4 is 24.7 Å². The molecule has 0 spiro atoms. The lowest BCUT2D eigenvalue weighted by atomic mass is 9.99. The van der Waals surface area contributed by atoms with Gasteiger partial charge in [0.1, 0.15) is 5.75 Å². The summed E-state index contributed by atoms with van der Waals surface area (Å²) in [7, 11) is 6.00. The van der Waals surface area contributed by atoms with E-state index < -0.39 is 0 Å². The predicted molar refractivity (Wildman–Crippen MR) is 98.8 cm³/mol. The van der Waals surface area contributed by atoms with E-state index in [0.717, 1.165) is 10.9 Å². The van der Waals surface area contributed by atoms with E-state index in [4.69, 9.17) is 24.7 Å². The second kappa shape index (κ2) is 6.87. The molecular formula is C19H20N2O5. The second-order valence-corrected chi connectivity index (χ2v) is 5.52. The summed E-state index contributed by atoms with van der Waals surface area (Å²) in [6.07, 6.45) is 1.64. The SMILES string of the molecule is COc1cc(C(=O)c2c[nH]c3c(OC)cccc23)c(N)c(OC)c1OC. The number of methoxy groups -OCH3 is 4. The molecule has 0 fully saturated rings. The zero-order valence-corrected chi connectivity index (χ0v) is 15.0. The van der Waals surface area contributed by atoms with E-state index in [9.17, 15) is 4.79 Å². The Labute approximate surface area is 150 Å². The predicted octanol–water partition coefficient (Wildman–Crippen LogP) is 3.02. The van der Waals surface area contributed by atoms with Gasteiger partial charge in [-0.3, -0.25) is 4.79 Å². The molecule has 0 atom stereocenters. The molecule has 0 saturated carbocycles. The van der Waals surface area contributed by atoms with Crippen molar-refractivity contribution in [1.82, 2.24) is 4.98 Å². The molecule has 0 aliphatic carbocycles. The van der Waals surface area contributed by atoms with Crippen LogP contribution in [0.15, 0.2) is 30.5 Å². The lowest BCUT2D eigenvalue weighted by Crippen LogP contribution is -2.08. The molecule has 2 aromatic carbocycles. The monoisotopic (exact) mass is 356 g/mol. The number of aromatic amines is 1. The smallest absolute Gasteiger partial charge is 0.205 e. The summed E-state index contributed by atoms with van der Waals surface area (Å²) < 4.78 is 21.3. The van der Waals surface area contributed by atoms with E-state index in [0.29, 0.717) is 22.8 Å². The Kier molecular flexibility index (Phi) is 4.62. The first-order valence-electron chi connectivity index (χ1n) is 7.84. The van der Waals surface area contributed by atoms with Gasteiger partial charge in [0.2, 0.25) is 5.75 Å². The Morgan fingerprint density at radius 2 is 1.62 bits per heavy atom. The maximum Gasteiger partial charge on any atom is 0.205 e. The molecule has 7 nitrogen and oxygen atoms in total. The van der Waals surface area contributed by atoms with Crippen LogP contribution >= 0.6 is 0 Å². The van der Waals surface area contributed by atoms with Crippen LogP contribution in [0.1, 0.15) is 15.9 Å². The molecule has 0 aliphatic heterocycles. The number of ether oxygens (including phenoxy) is 4. The van der Waals surface area contributed by atoms with Crippen LogP contribution in [0.5, 0.6) is 23.0 Å². The zero-order valence-electron chi connectivity index (χ0n) is 15.0. The topological polar surface area (TPSA) is 95.8 Å². The Hall–Kier alpha value is -3.35. The lowest BCUT2D eigenvalue weighted by Gasteiger charge is -2.16. The molecule has 7 heteroatoms. The largest absolute Gasteiger partial charge is 0.495 e. The Morgan fingerprint density at radius 1 is 0.923 bits per heavy atom. The molecule has 0 amide bonds. The molecule has 0 aliphatic rings. The Balaban J connectivity index is 2.20. The van der Waals surface area contributed by atoms with Crippen LogP contribution in [0.2, 0.25) is 0 Å². The number of anilines is 1. The zero-order chi connectivity index (χ0) is 18.8. The molecule has 0 unspecified atom stereocenters. The number of nitrogens with one attached hydrogen (secondary N) is 1. The average molecular weight is 356 g/mol. The number of hydrogen-bond donors (Lipinski definition) is 2. The standard InChI is InChI=1S/C19H20N2O5/c1-23-13-7-5-6-10-12(9-21-16(10)13)17(22)11-8-14(24-2)18(25-3)19(26-4)15(11)20/h5-9,21H,20H2,1-4H3. The first-order valence-corrected chi connectivity index (χ1v) is 7.84. The first-order chi connectivity index (χ1) is 12.6. The number of fused-ring (bicyclic) bond motifs is 1. The fourth-order valence-electron chi connectivity index (χ4n) is 3.00. The van der Waals surface area contributed by atoms with Gasteiger partial charge in [0.15, 0.2) is 17.3 Å². The molecule has 3 rings (SSSR count). The van der Waals surface area contributed by atoms with E-state index in [-0.39, 0.29) is 22.8 Å². The van der Waals surface area contributed by atoms with Crippen molar-refractivity contribution in [3.05, 3.63) is 41.6 Å². The van der Waals surface area contributed by atoms with E-state index in [1.54, 1.807) is 19.4 Å². The fraction of sp³-hybridized carbons (Fsp3) is 0.211. The number of para-hydroxylation sites is 1. The maximum atomic E-state index is 13.2. The van der Waals surface area contributed by atoms with Gasteiger partial charge in [0.25, 0.3) is 0 Å². The summed E-state index contributed by atoms with van der Waals surface area (Å²) in [6, 6.07) is 7.04. The van der Waals surface area contributed by atoms with Crippen molar-refractivity contribution < 1.29 is 23.7 Å². The van der Waals surface area contributed by atoms with E-state index in [2.05, 4.69) is 4.98 Å². The third-order valence-corrected chi connectivity index (χ3v) is 4.25. The maximum absolute atomic E-state index is 13.2. The molecule has 1 aromatic heterocycles. The number of hydrogen-bond acceptors (Lipinski definition) is 6. The highest BCUT2D eigenvalue weighted by atomic mass is 16.5. The number of carbonyl (C=O) groups excluding carboxylic acids is 1. The molecule has 136 valence electrons. The molecule has 0 bridgehead atoms. The van der Waals surface area contributed by atoms with Gasteiger partial charge in [-0.05, 0) is 12.1 Å². The lowest BCUT2D eigenvalue weighted by molar-refractivity contribution is 0.104. The molecule has 0 saturated heterocycles. The summed E-state index contributed by atoms with van der Waals surface area (Å²) in [5.41, 5.74) is 7.85. The van der Waals surface area contributed by atoms with Gasteiger partial charge in [-0.2, -0.15) is 0 Å². The highest BCUT2D eigenvalue weighted by Gasteiger charge is 2.25. The van der Waals surface area contributed by atoms with Gasteiger partial charge >= 0.3 is 0 Å². The number of rotatable bonds is 6. The van der Waals surface area contributed by atoms with E-state index in [1.807, 2.05) is 18.2 Å². The number of aromatic nitrogens is 1. The van der Waals surface area contributed by atoms with Gasteiger partial charge in [0, 0.05) is 17.1 Å². The normalized spacial score (nSPS) is 10.6. The van der Waals surface area contributed by atoms with E-state index >= 15 is 0 Å². The summed E-state index contributed by atoms with van der Waals surface area (Å²) in [5.74, 6) is 1.34. The van der Waals surface area contributed by atoms with Crippen molar-refractivity contribution >= 4 is 22.4 Å². The van der Waals surface area contributed by atoms with Crippen molar-refractivity contribution in [1.29, 1.82) is 0 Å². The van der Waals surface area contributed by atoms with Gasteiger partial charge in [-0.25, -0.2) is 0 Å². The third kappa shape index (κ3) is 2.57. The first kappa shape index (κ1) is 17.5. The van der Waals surface area contributed by atoms with Crippen molar-refractivity contribution in [3.8, 4) is 23.0 Å². The van der Waals surface area contributed by atoms with Gasteiger partial charge < -0.3 is 29.7 Å². The minimum atomic E-state index is -0.263. The van der Waals surface area contributed by atoms with Crippen LogP contribution in [-0.2, 0) is 0 Å². The van der Waals surface area contributed by atoms with Gasteiger partial charge in [0.05, 0.1) is 45.2 Å². The molecule has 0 radical (unpaired) electrons. The molecule has 3 N–H and O–H groups in total. The molecule has 3 aromatic rings. The van der Waals surface area contributed by atoms with Crippen LogP contribution in [0.25, 0.3) is 10.9 Å². The van der Waals surface area contributed by atoms with Crippen LogP contribution in [-0.4, -0.2) is 39.2 Å². The van der Waals surface area contributed by atoms with Crippen molar-refractivity contribution in [2.45, 2.75) is 0 Å². The third-order valence-electron chi connectivity index (χ3n) is 4.25. The molecule has 1 heterocycles. The van der Waals surface area contributed by atoms with Crippen LogP contribution in [0, 0.1) is 0 Å². The number of benzene rings is 2. The van der Waals surface area contributed by atoms with Crippen molar-refractivity contribution in [2.24, 2.45) is 0 Å². The minimum absolute atomic E-state index is 0.187. The number of H-pyrrole nitrogens is 1. The van der Waals surface area contributed by atoms with Crippen LogP contribution in [0.3, 0.4) is 0 Å². The van der Waals surface area contributed by atoms with E-state index in [1.165, 1.54) is 21.3 Å². The summed E-state index contributed by atoms with van der Waals surface area (Å²) >= 11 is 0. The average Bonchev–Trinajstić information content (AvgIpc) is 3.11. The molecular weight excluding hydrogens is 336 g/mol. The number of ketones is 1.